The summed E-state index contributed by atoms with van der Waals surface area (Å²) in [5.41, 5.74) is 0. The minimum Gasteiger partial charge on any atom is -0.465 e. The molecule has 4 heteroatoms. The van der Waals surface area contributed by atoms with Crippen molar-refractivity contribution in [2.75, 3.05) is 6.61 Å². The molecule has 0 aromatic carbocycles. The number of aliphatic hydroxyl groups is 1. The van der Waals surface area contributed by atoms with Crippen LogP contribution < -0.4 is 0 Å². The summed E-state index contributed by atoms with van der Waals surface area (Å²) in [6.07, 6.45) is 7.92. The SMILES string of the molecule is C/C=C/C(O)C(Br)(C(=O)OCC)C1CCCCC1. The van der Waals surface area contributed by atoms with Gasteiger partial charge in [0.25, 0.3) is 0 Å². The summed E-state index contributed by atoms with van der Waals surface area (Å²) < 4.78 is 4.16. The largest absolute Gasteiger partial charge is 0.465 e. The Labute approximate surface area is 118 Å². The van der Waals surface area contributed by atoms with Crippen molar-refractivity contribution in [2.45, 2.75) is 56.4 Å². The maximum absolute atomic E-state index is 12.2. The van der Waals surface area contributed by atoms with Crippen LogP contribution in [0.25, 0.3) is 0 Å². The molecule has 0 spiro atoms. The molecule has 1 saturated carbocycles. The van der Waals surface area contributed by atoms with Crippen LogP contribution in [-0.2, 0) is 9.53 Å². The van der Waals surface area contributed by atoms with Crippen LogP contribution in [-0.4, -0.2) is 28.1 Å². The van der Waals surface area contributed by atoms with E-state index in [-0.39, 0.29) is 11.9 Å². The van der Waals surface area contributed by atoms with Crippen LogP contribution in [0.4, 0.5) is 0 Å². The number of halogens is 1. The number of alkyl halides is 1. The van der Waals surface area contributed by atoms with Crippen molar-refractivity contribution < 1.29 is 14.6 Å². The van der Waals surface area contributed by atoms with Crippen molar-refractivity contribution in [3.8, 4) is 0 Å². The quantitative estimate of drug-likeness (QED) is 0.481. The lowest BCUT2D eigenvalue weighted by Crippen LogP contribution is -2.50. The number of esters is 1. The lowest BCUT2D eigenvalue weighted by molar-refractivity contribution is -0.150. The fourth-order valence-corrected chi connectivity index (χ4v) is 3.34. The van der Waals surface area contributed by atoms with E-state index in [2.05, 4.69) is 15.9 Å². The summed E-state index contributed by atoms with van der Waals surface area (Å²) in [6.45, 7) is 3.96. The number of hydrogen-bond donors (Lipinski definition) is 1. The van der Waals surface area contributed by atoms with Gasteiger partial charge >= 0.3 is 5.97 Å². The van der Waals surface area contributed by atoms with Gasteiger partial charge < -0.3 is 9.84 Å². The molecule has 0 aromatic rings. The predicted octanol–water partition coefficient (Wildman–Crippen LogP) is 3.20. The maximum Gasteiger partial charge on any atom is 0.326 e. The Morgan fingerprint density at radius 3 is 2.61 bits per heavy atom. The molecule has 2 unspecified atom stereocenters. The van der Waals surface area contributed by atoms with Gasteiger partial charge in [0.2, 0.25) is 0 Å². The Morgan fingerprint density at radius 1 is 1.50 bits per heavy atom. The Balaban J connectivity index is 2.94. The van der Waals surface area contributed by atoms with Crippen LogP contribution in [0.5, 0.6) is 0 Å². The molecule has 0 saturated heterocycles. The summed E-state index contributed by atoms with van der Waals surface area (Å²) in [6, 6.07) is 0. The molecule has 104 valence electrons. The van der Waals surface area contributed by atoms with Gasteiger partial charge in [0, 0.05) is 0 Å². The van der Waals surface area contributed by atoms with Gasteiger partial charge in [0.05, 0.1) is 12.7 Å². The highest BCUT2D eigenvalue weighted by Gasteiger charge is 2.49. The molecule has 0 aromatic heterocycles. The van der Waals surface area contributed by atoms with Crippen molar-refractivity contribution in [1.82, 2.24) is 0 Å². The van der Waals surface area contributed by atoms with Gasteiger partial charge in [-0.1, -0.05) is 47.3 Å². The first-order valence-corrected chi connectivity index (χ1v) is 7.53. The highest BCUT2D eigenvalue weighted by atomic mass is 79.9. The number of hydrogen-bond acceptors (Lipinski definition) is 3. The van der Waals surface area contributed by atoms with E-state index >= 15 is 0 Å². The zero-order valence-electron chi connectivity index (χ0n) is 11.2. The Bertz CT molecular complexity index is 297. The first-order valence-electron chi connectivity index (χ1n) is 6.74. The number of allylic oxidation sites excluding steroid dienone is 1. The molecule has 1 fully saturated rings. The molecule has 0 radical (unpaired) electrons. The highest BCUT2D eigenvalue weighted by Crippen LogP contribution is 2.42. The first kappa shape index (κ1) is 15.7. The monoisotopic (exact) mass is 318 g/mol. The summed E-state index contributed by atoms with van der Waals surface area (Å²) >= 11 is 3.50. The minimum atomic E-state index is -0.990. The van der Waals surface area contributed by atoms with Gasteiger partial charge in [0.1, 0.15) is 0 Å². The second-order valence-corrected chi connectivity index (χ2v) is 6.11. The third-order valence-electron chi connectivity index (χ3n) is 3.59. The van der Waals surface area contributed by atoms with Crippen molar-refractivity contribution in [1.29, 1.82) is 0 Å². The molecule has 18 heavy (non-hydrogen) atoms. The van der Waals surface area contributed by atoms with E-state index in [1.165, 1.54) is 6.42 Å². The van der Waals surface area contributed by atoms with Gasteiger partial charge in [-0.25, -0.2) is 0 Å². The molecule has 1 aliphatic carbocycles. The fraction of sp³-hybridized carbons (Fsp3) is 0.786. The molecule has 1 N–H and O–H groups in total. The van der Waals surface area contributed by atoms with Gasteiger partial charge in [-0.05, 0) is 32.6 Å². The number of ether oxygens (including phenoxy) is 1. The number of carbonyl (C=O) groups excluding carboxylic acids is 1. The number of carbonyl (C=O) groups is 1. The summed E-state index contributed by atoms with van der Waals surface area (Å²) in [5.74, 6) is -0.209. The van der Waals surface area contributed by atoms with Crippen LogP contribution in [0.3, 0.4) is 0 Å². The van der Waals surface area contributed by atoms with Crippen molar-refractivity contribution in [2.24, 2.45) is 5.92 Å². The Kier molecular flexibility index (Phi) is 6.36. The van der Waals surface area contributed by atoms with Crippen LogP contribution in [0.2, 0.25) is 0 Å². The minimum absolute atomic E-state index is 0.136. The van der Waals surface area contributed by atoms with E-state index in [9.17, 15) is 9.90 Å². The van der Waals surface area contributed by atoms with E-state index in [0.717, 1.165) is 25.7 Å². The van der Waals surface area contributed by atoms with Crippen molar-refractivity contribution >= 4 is 21.9 Å². The Hall–Kier alpha value is -0.350. The predicted molar refractivity (Wildman–Crippen MR) is 75.7 cm³/mol. The van der Waals surface area contributed by atoms with Gasteiger partial charge in [-0.15, -0.1) is 0 Å². The fourth-order valence-electron chi connectivity index (χ4n) is 2.62. The topological polar surface area (TPSA) is 46.5 Å². The zero-order valence-corrected chi connectivity index (χ0v) is 12.8. The van der Waals surface area contributed by atoms with Crippen molar-refractivity contribution in [3.63, 3.8) is 0 Å². The molecule has 0 bridgehead atoms. The maximum atomic E-state index is 12.2. The van der Waals surface area contributed by atoms with Gasteiger partial charge in [-0.2, -0.15) is 0 Å². The van der Waals surface area contributed by atoms with E-state index in [4.69, 9.17) is 4.74 Å². The van der Waals surface area contributed by atoms with Crippen LogP contribution in [0, 0.1) is 5.92 Å². The third-order valence-corrected chi connectivity index (χ3v) is 5.03. The molecule has 0 heterocycles. The second kappa shape index (κ2) is 7.29. The number of aliphatic hydroxyl groups excluding tert-OH is 1. The molecule has 1 aliphatic rings. The van der Waals surface area contributed by atoms with E-state index in [0.29, 0.717) is 6.61 Å². The molecule has 1 rings (SSSR count). The Morgan fingerprint density at radius 2 is 2.11 bits per heavy atom. The lowest BCUT2D eigenvalue weighted by Gasteiger charge is -2.38. The molecule has 0 aliphatic heterocycles. The van der Waals surface area contributed by atoms with Gasteiger partial charge in [-0.3, -0.25) is 4.79 Å². The molecular weight excluding hydrogens is 296 g/mol. The lowest BCUT2D eigenvalue weighted by atomic mass is 9.77. The summed E-state index contributed by atoms with van der Waals surface area (Å²) in [5, 5.41) is 10.3. The highest BCUT2D eigenvalue weighted by molar-refractivity contribution is 9.10. The number of rotatable bonds is 5. The van der Waals surface area contributed by atoms with Crippen molar-refractivity contribution in [3.05, 3.63) is 12.2 Å². The molecule has 0 amide bonds. The van der Waals surface area contributed by atoms with Crippen LogP contribution in [0.15, 0.2) is 12.2 Å². The average molecular weight is 319 g/mol. The van der Waals surface area contributed by atoms with E-state index < -0.39 is 10.4 Å². The molecular formula is C14H23BrO3. The second-order valence-electron chi connectivity index (χ2n) is 4.79. The van der Waals surface area contributed by atoms with E-state index in [1.807, 2.05) is 6.92 Å². The average Bonchev–Trinajstić information content (AvgIpc) is 2.39. The van der Waals surface area contributed by atoms with E-state index in [1.54, 1.807) is 19.1 Å². The van der Waals surface area contributed by atoms with Gasteiger partial charge in [0.15, 0.2) is 4.32 Å². The normalized spacial score (nSPS) is 22.7. The van der Waals surface area contributed by atoms with Crippen LogP contribution >= 0.6 is 15.9 Å². The smallest absolute Gasteiger partial charge is 0.326 e. The summed E-state index contributed by atoms with van der Waals surface area (Å²) in [7, 11) is 0. The third kappa shape index (κ3) is 3.35. The molecule has 2 atom stereocenters. The van der Waals surface area contributed by atoms with Crippen LogP contribution in [0.1, 0.15) is 46.0 Å². The zero-order chi connectivity index (χ0) is 13.6. The first-order chi connectivity index (χ1) is 8.57. The molecule has 3 nitrogen and oxygen atoms in total. The summed E-state index contributed by atoms with van der Waals surface area (Å²) in [4.78, 5) is 12.2. The standard InChI is InChI=1S/C14H23BrO3/c1-3-8-12(16)14(15,13(17)18-4-2)11-9-6-5-7-10-11/h3,8,11-12,16H,4-7,9-10H2,1-2H3/b8-3+.